The summed E-state index contributed by atoms with van der Waals surface area (Å²) in [7, 11) is 0. The third-order valence-electron chi connectivity index (χ3n) is 4.72. The highest BCUT2D eigenvalue weighted by Crippen LogP contribution is 2.09. The largest absolute Gasteiger partial charge is 0.326 e. The molecule has 142 valence electrons. The van der Waals surface area contributed by atoms with Crippen molar-refractivity contribution in [2.75, 3.05) is 44.6 Å². The molecule has 2 aromatic rings. The number of hydrogen-bond acceptors (Lipinski definition) is 3. The first-order valence-corrected chi connectivity index (χ1v) is 9.41. The zero-order chi connectivity index (χ0) is 18.9. The van der Waals surface area contributed by atoms with Gasteiger partial charge in [0.2, 0.25) is 5.91 Å². The van der Waals surface area contributed by atoms with Crippen LogP contribution < -0.4 is 5.32 Å². The SMILES string of the molecule is O=C(CCN1CCN(CC=Cc2ccccc2)CC1)Nc1ccc(F)cc1. The van der Waals surface area contributed by atoms with Gasteiger partial charge in [-0.1, -0.05) is 42.5 Å². The van der Waals surface area contributed by atoms with E-state index in [4.69, 9.17) is 0 Å². The lowest BCUT2D eigenvalue weighted by Crippen LogP contribution is -2.46. The molecule has 0 radical (unpaired) electrons. The Morgan fingerprint density at radius 2 is 1.63 bits per heavy atom. The number of amides is 1. The van der Waals surface area contributed by atoms with E-state index in [9.17, 15) is 9.18 Å². The summed E-state index contributed by atoms with van der Waals surface area (Å²) in [4.78, 5) is 16.8. The molecule has 27 heavy (non-hydrogen) atoms. The maximum atomic E-state index is 12.9. The summed E-state index contributed by atoms with van der Waals surface area (Å²) in [6.45, 7) is 5.68. The molecule has 1 saturated heterocycles. The molecule has 0 aromatic heterocycles. The summed E-state index contributed by atoms with van der Waals surface area (Å²) < 4.78 is 12.9. The van der Waals surface area contributed by atoms with Crippen LogP contribution in [0.15, 0.2) is 60.7 Å². The van der Waals surface area contributed by atoms with E-state index in [-0.39, 0.29) is 11.7 Å². The molecular weight excluding hydrogens is 341 g/mol. The maximum absolute atomic E-state index is 12.9. The molecular formula is C22H26FN3O. The van der Waals surface area contributed by atoms with Crippen LogP contribution in [0.1, 0.15) is 12.0 Å². The lowest BCUT2D eigenvalue weighted by molar-refractivity contribution is -0.116. The number of anilines is 1. The van der Waals surface area contributed by atoms with Gasteiger partial charge in [-0.2, -0.15) is 0 Å². The number of benzene rings is 2. The fraction of sp³-hybridized carbons (Fsp3) is 0.318. The van der Waals surface area contributed by atoms with Gasteiger partial charge in [-0.25, -0.2) is 4.39 Å². The van der Waals surface area contributed by atoms with Crippen molar-refractivity contribution in [3.8, 4) is 0 Å². The highest BCUT2D eigenvalue weighted by Gasteiger charge is 2.16. The molecule has 3 rings (SSSR count). The Labute approximate surface area is 160 Å². The van der Waals surface area contributed by atoms with E-state index in [0.717, 1.165) is 39.3 Å². The standard InChI is InChI=1S/C22H26FN3O/c23-20-8-10-21(11-9-20)24-22(27)12-14-26-17-15-25(16-18-26)13-4-7-19-5-2-1-3-6-19/h1-11H,12-18H2,(H,24,27). The van der Waals surface area contributed by atoms with Gasteiger partial charge < -0.3 is 10.2 Å². The number of rotatable bonds is 7. The summed E-state index contributed by atoms with van der Waals surface area (Å²) in [6.07, 6.45) is 4.82. The van der Waals surface area contributed by atoms with Gasteiger partial charge in [-0.05, 0) is 29.8 Å². The highest BCUT2D eigenvalue weighted by atomic mass is 19.1. The monoisotopic (exact) mass is 367 g/mol. The Bertz CT molecular complexity index is 738. The van der Waals surface area contributed by atoms with Crippen LogP contribution in [0.4, 0.5) is 10.1 Å². The fourth-order valence-corrected chi connectivity index (χ4v) is 3.11. The highest BCUT2D eigenvalue weighted by molar-refractivity contribution is 5.90. The van der Waals surface area contributed by atoms with Crippen LogP contribution in [0, 0.1) is 5.82 Å². The molecule has 1 N–H and O–H groups in total. The number of nitrogens with zero attached hydrogens (tertiary/aromatic N) is 2. The van der Waals surface area contributed by atoms with Crippen LogP contribution in [0.25, 0.3) is 6.08 Å². The Morgan fingerprint density at radius 3 is 2.33 bits per heavy atom. The number of nitrogens with one attached hydrogen (secondary N) is 1. The maximum Gasteiger partial charge on any atom is 0.225 e. The van der Waals surface area contributed by atoms with Gasteiger partial charge in [0.25, 0.3) is 0 Å². The number of carbonyl (C=O) groups excluding carboxylic acids is 1. The average Bonchev–Trinajstić information content (AvgIpc) is 2.70. The van der Waals surface area contributed by atoms with Crippen LogP contribution in [-0.2, 0) is 4.79 Å². The molecule has 0 saturated carbocycles. The summed E-state index contributed by atoms with van der Waals surface area (Å²) in [5.41, 5.74) is 1.86. The summed E-state index contributed by atoms with van der Waals surface area (Å²) in [5, 5.41) is 2.81. The minimum atomic E-state index is -0.301. The Balaban J connectivity index is 1.32. The Morgan fingerprint density at radius 1 is 0.963 bits per heavy atom. The second kappa shape index (κ2) is 10.00. The smallest absolute Gasteiger partial charge is 0.225 e. The van der Waals surface area contributed by atoms with Crippen molar-refractivity contribution in [1.29, 1.82) is 0 Å². The molecule has 1 aliphatic heterocycles. The van der Waals surface area contributed by atoms with Crippen LogP contribution in [-0.4, -0.2) is 55.0 Å². The Hall–Kier alpha value is -2.50. The topological polar surface area (TPSA) is 35.6 Å². The summed E-state index contributed by atoms with van der Waals surface area (Å²) in [5.74, 6) is -0.334. The fourth-order valence-electron chi connectivity index (χ4n) is 3.11. The van der Waals surface area contributed by atoms with Gasteiger partial charge in [-0.15, -0.1) is 0 Å². The van der Waals surface area contributed by atoms with Crippen molar-refractivity contribution in [2.45, 2.75) is 6.42 Å². The molecule has 0 bridgehead atoms. The second-order valence-corrected chi connectivity index (χ2v) is 6.76. The minimum absolute atomic E-state index is 0.0326. The quantitative estimate of drug-likeness (QED) is 0.814. The van der Waals surface area contributed by atoms with Crippen LogP contribution in [0.5, 0.6) is 0 Å². The third-order valence-corrected chi connectivity index (χ3v) is 4.72. The van der Waals surface area contributed by atoms with E-state index in [1.165, 1.54) is 17.7 Å². The summed E-state index contributed by atoms with van der Waals surface area (Å²) in [6, 6.07) is 16.2. The first-order chi connectivity index (χ1) is 13.2. The zero-order valence-electron chi connectivity index (χ0n) is 15.5. The van der Waals surface area contributed by atoms with Crippen LogP contribution in [0.3, 0.4) is 0 Å². The van der Waals surface area contributed by atoms with Gasteiger partial charge in [0.05, 0.1) is 0 Å². The molecule has 0 spiro atoms. The molecule has 0 unspecified atom stereocenters. The first kappa shape index (κ1) is 19.3. The summed E-state index contributed by atoms with van der Waals surface area (Å²) >= 11 is 0. The van der Waals surface area contributed by atoms with E-state index in [0.29, 0.717) is 12.1 Å². The normalized spacial score (nSPS) is 15.9. The van der Waals surface area contributed by atoms with Gasteiger partial charge in [-0.3, -0.25) is 9.69 Å². The minimum Gasteiger partial charge on any atom is -0.326 e. The average molecular weight is 367 g/mol. The molecule has 1 fully saturated rings. The molecule has 0 atom stereocenters. The van der Waals surface area contributed by atoms with Gasteiger partial charge in [0, 0.05) is 51.4 Å². The van der Waals surface area contributed by atoms with Crippen molar-refractivity contribution in [2.24, 2.45) is 0 Å². The molecule has 2 aromatic carbocycles. The molecule has 1 heterocycles. The van der Waals surface area contributed by atoms with E-state index in [1.54, 1.807) is 12.1 Å². The Kier molecular flexibility index (Phi) is 7.13. The number of piperazine rings is 1. The van der Waals surface area contributed by atoms with Crippen molar-refractivity contribution in [3.05, 3.63) is 72.1 Å². The zero-order valence-corrected chi connectivity index (χ0v) is 15.5. The van der Waals surface area contributed by atoms with Crippen molar-refractivity contribution >= 4 is 17.7 Å². The molecule has 1 aliphatic rings. The van der Waals surface area contributed by atoms with Crippen molar-refractivity contribution in [3.63, 3.8) is 0 Å². The van der Waals surface area contributed by atoms with E-state index in [1.807, 2.05) is 18.2 Å². The second-order valence-electron chi connectivity index (χ2n) is 6.76. The van der Waals surface area contributed by atoms with Gasteiger partial charge in [0.1, 0.15) is 5.82 Å². The van der Waals surface area contributed by atoms with E-state index >= 15 is 0 Å². The molecule has 0 aliphatic carbocycles. The number of hydrogen-bond donors (Lipinski definition) is 1. The van der Waals surface area contributed by atoms with Crippen LogP contribution in [0.2, 0.25) is 0 Å². The van der Waals surface area contributed by atoms with Gasteiger partial charge >= 0.3 is 0 Å². The third kappa shape index (κ3) is 6.62. The first-order valence-electron chi connectivity index (χ1n) is 9.41. The lowest BCUT2D eigenvalue weighted by atomic mass is 10.2. The van der Waals surface area contributed by atoms with Crippen LogP contribution >= 0.6 is 0 Å². The predicted octanol–water partition coefficient (Wildman–Crippen LogP) is 3.49. The number of carbonyl (C=O) groups is 1. The molecule has 1 amide bonds. The van der Waals surface area contributed by atoms with E-state index in [2.05, 4.69) is 39.4 Å². The molecule has 4 nitrogen and oxygen atoms in total. The molecule has 5 heteroatoms. The van der Waals surface area contributed by atoms with Crippen molar-refractivity contribution in [1.82, 2.24) is 9.80 Å². The number of halogens is 1. The van der Waals surface area contributed by atoms with Crippen molar-refractivity contribution < 1.29 is 9.18 Å². The lowest BCUT2D eigenvalue weighted by Gasteiger charge is -2.34. The predicted molar refractivity (Wildman–Crippen MR) is 108 cm³/mol. The van der Waals surface area contributed by atoms with E-state index < -0.39 is 0 Å². The van der Waals surface area contributed by atoms with Gasteiger partial charge in [0.15, 0.2) is 0 Å².